The van der Waals surface area contributed by atoms with Crippen LogP contribution < -0.4 is 20.7 Å². The Kier molecular flexibility index (Phi) is 8.55. The zero-order valence-electron chi connectivity index (χ0n) is 22.2. The summed E-state index contributed by atoms with van der Waals surface area (Å²) in [5.74, 6) is 6.87. The lowest BCUT2D eigenvalue weighted by atomic mass is 10.0. The van der Waals surface area contributed by atoms with E-state index < -0.39 is 24.8 Å². The van der Waals surface area contributed by atoms with Crippen molar-refractivity contribution >= 4 is 46.6 Å². The minimum atomic E-state index is -4.40. The third-order valence-corrected chi connectivity index (χ3v) is 9.09. The molecule has 1 saturated heterocycles. The number of piperidine rings is 1. The van der Waals surface area contributed by atoms with Gasteiger partial charge in [0.25, 0.3) is 0 Å². The number of fused-ring (bicyclic) bond motifs is 1. The zero-order valence-corrected chi connectivity index (χ0v) is 23.9. The number of nitrogens with zero attached hydrogens (tertiary/aromatic N) is 1. The molecule has 212 valence electrons. The highest BCUT2D eigenvalue weighted by atomic mass is 32.1. The van der Waals surface area contributed by atoms with Gasteiger partial charge >= 0.3 is 6.18 Å². The highest BCUT2D eigenvalue weighted by Crippen LogP contribution is 2.46. The van der Waals surface area contributed by atoms with Gasteiger partial charge in [-0.25, -0.2) is 4.39 Å². The van der Waals surface area contributed by atoms with Crippen LogP contribution in [0.5, 0.6) is 5.75 Å². The van der Waals surface area contributed by atoms with Gasteiger partial charge in [-0.15, -0.1) is 11.3 Å². The smallest absolute Gasteiger partial charge is 0.393 e. The number of likely N-dealkylation sites (tertiary alicyclic amines) is 1. The van der Waals surface area contributed by atoms with E-state index in [-0.39, 0.29) is 20.6 Å². The molecule has 2 aromatic carbocycles. The average Bonchev–Trinajstić information content (AvgIpc) is 3.70. The maximum Gasteiger partial charge on any atom is 0.393 e. The second-order valence-corrected chi connectivity index (χ2v) is 12.0. The van der Waals surface area contributed by atoms with Gasteiger partial charge in [0.1, 0.15) is 11.9 Å². The maximum atomic E-state index is 14.7. The molecule has 2 N–H and O–H groups in total. The van der Waals surface area contributed by atoms with E-state index in [0.29, 0.717) is 56.3 Å². The number of thiophene rings is 1. The summed E-state index contributed by atoms with van der Waals surface area (Å²) >= 11 is 1.20. The molecule has 2 aliphatic rings. The van der Waals surface area contributed by atoms with Gasteiger partial charge in [0, 0.05) is 18.7 Å². The van der Waals surface area contributed by atoms with Crippen LogP contribution in [0.4, 0.5) is 28.9 Å². The van der Waals surface area contributed by atoms with Crippen LogP contribution in [0.15, 0.2) is 30.3 Å². The zero-order chi connectivity index (χ0) is 28.4. The normalized spacial score (nSPS) is 19.9. The second-order valence-electron chi connectivity index (χ2n) is 10.3. The molecule has 0 spiro atoms. The van der Waals surface area contributed by atoms with Gasteiger partial charge in [-0.05, 0) is 61.4 Å². The van der Waals surface area contributed by atoms with Crippen molar-refractivity contribution in [3.05, 3.63) is 46.3 Å². The molecule has 2 unspecified atom stereocenters. The van der Waals surface area contributed by atoms with Crippen molar-refractivity contribution in [1.29, 1.82) is 0 Å². The SMILES string of the molecule is COc1c(NCC#Cc2sc3c(NC4CCN(C)CC4F)cccc3c2CC(F)(F)F)ccc(P=O)c1C1CC1. The van der Waals surface area contributed by atoms with Crippen LogP contribution >= 0.6 is 19.8 Å². The summed E-state index contributed by atoms with van der Waals surface area (Å²) in [7, 11) is 3.37. The molecule has 2 fully saturated rings. The topological polar surface area (TPSA) is 53.6 Å². The Morgan fingerprint density at radius 2 is 1.98 bits per heavy atom. The van der Waals surface area contributed by atoms with Crippen molar-refractivity contribution in [3.8, 4) is 17.6 Å². The molecule has 2 atom stereocenters. The lowest BCUT2D eigenvalue weighted by Gasteiger charge is -2.33. The van der Waals surface area contributed by atoms with Crippen LogP contribution in [0.1, 0.15) is 41.2 Å². The van der Waals surface area contributed by atoms with Gasteiger partial charge in [-0.1, -0.05) is 24.0 Å². The summed E-state index contributed by atoms with van der Waals surface area (Å²) in [5.41, 5.74) is 2.39. The summed E-state index contributed by atoms with van der Waals surface area (Å²) in [4.78, 5) is 2.27. The van der Waals surface area contributed by atoms with E-state index in [1.165, 1.54) is 11.3 Å². The van der Waals surface area contributed by atoms with E-state index in [0.717, 1.165) is 24.9 Å². The first-order valence-corrected chi connectivity index (χ1v) is 14.8. The van der Waals surface area contributed by atoms with Crippen molar-refractivity contribution in [1.82, 2.24) is 4.90 Å². The first-order chi connectivity index (χ1) is 19.2. The van der Waals surface area contributed by atoms with Crippen LogP contribution in [0.2, 0.25) is 0 Å². The first kappa shape index (κ1) is 28.7. The number of hydrogen-bond donors (Lipinski definition) is 2. The Hall–Kier alpha value is -2.86. The van der Waals surface area contributed by atoms with E-state index in [2.05, 4.69) is 22.5 Å². The molecule has 0 radical (unpaired) electrons. The Labute approximate surface area is 236 Å². The Morgan fingerprint density at radius 1 is 1.18 bits per heavy atom. The van der Waals surface area contributed by atoms with Crippen molar-refractivity contribution < 1.29 is 26.9 Å². The van der Waals surface area contributed by atoms with Crippen molar-refractivity contribution in [2.24, 2.45) is 0 Å². The molecule has 11 heteroatoms. The van der Waals surface area contributed by atoms with Crippen molar-refractivity contribution in [2.75, 3.05) is 44.4 Å². The minimum Gasteiger partial charge on any atom is -0.494 e. The fourth-order valence-corrected chi connectivity index (χ4v) is 6.93. The van der Waals surface area contributed by atoms with Crippen LogP contribution in [0, 0.1) is 11.8 Å². The molecular formula is C29H30F4N3O2PS. The highest BCUT2D eigenvalue weighted by molar-refractivity contribution is 7.34. The first-order valence-electron chi connectivity index (χ1n) is 13.2. The fourth-order valence-electron chi connectivity index (χ4n) is 5.24. The van der Waals surface area contributed by atoms with Crippen molar-refractivity contribution in [2.45, 2.75) is 50.0 Å². The number of methoxy groups -OCH3 is 1. The van der Waals surface area contributed by atoms with E-state index in [1.807, 2.05) is 11.9 Å². The van der Waals surface area contributed by atoms with Gasteiger partial charge < -0.3 is 20.3 Å². The Morgan fingerprint density at radius 3 is 2.65 bits per heavy atom. The summed E-state index contributed by atoms with van der Waals surface area (Å²) in [6.45, 7) is 1.24. The Bertz CT molecular complexity index is 1460. The molecule has 5 rings (SSSR count). The Balaban J connectivity index is 1.41. The lowest BCUT2D eigenvalue weighted by Crippen LogP contribution is -2.46. The molecule has 1 aliphatic heterocycles. The molecule has 0 amide bonds. The fraction of sp³-hybridized carbons (Fsp3) is 0.448. The molecule has 1 saturated carbocycles. The number of benzene rings is 2. The largest absolute Gasteiger partial charge is 0.494 e. The summed E-state index contributed by atoms with van der Waals surface area (Å²) < 4.78 is 73.4. The minimum absolute atomic E-state index is 0.0673. The van der Waals surface area contributed by atoms with E-state index in [4.69, 9.17) is 4.74 Å². The molecule has 1 aromatic heterocycles. The third kappa shape index (κ3) is 6.38. The van der Waals surface area contributed by atoms with Crippen LogP contribution in [-0.2, 0) is 11.0 Å². The summed E-state index contributed by atoms with van der Waals surface area (Å²) in [6.07, 6.45) is -3.95. The van der Waals surface area contributed by atoms with Crippen LogP contribution in [0.3, 0.4) is 0 Å². The van der Waals surface area contributed by atoms with Crippen molar-refractivity contribution in [3.63, 3.8) is 0 Å². The lowest BCUT2D eigenvalue weighted by molar-refractivity contribution is -0.126. The van der Waals surface area contributed by atoms with E-state index >= 15 is 0 Å². The van der Waals surface area contributed by atoms with Gasteiger partial charge in [0.05, 0.1) is 52.4 Å². The molecule has 2 heterocycles. The molecular weight excluding hydrogens is 561 g/mol. The van der Waals surface area contributed by atoms with Crippen LogP contribution in [-0.4, -0.2) is 57.1 Å². The van der Waals surface area contributed by atoms with Gasteiger partial charge in [0.15, 0.2) is 8.46 Å². The van der Waals surface area contributed by atoms with E-state index in [1.54, 1.807) is 37.4 Å². The number of hydrogen-bond acceptors (Lipinski definition) is 6. The second kappa shape index (κ2) is 11.9. The number of halogens is 4. The summed E-state index contributed by atoms with van der Waals surface area (Å²) in [5, 5.41) is 7.64. The monoisotopic (exact) mass is 591 g/mol. The van der Waals surface area contributed by atoms with Gasteiger partial charge in [0.2, 0.25) is 0 Å². The van der Waals surface area contributed by atoms with Gasteiger partial charge in [-0.3, -0.25) is 4.57 Å². The molecule has 5 nitrogen and oxygen atoms in total. The molecule has 0 bridgehead atoms. The number of alkyl halides is 4. The predicted octanol–water partition coefficient (Wildman–Crippen LogP) is 6.73. The molecule has 40 heavy (non-hydrogen) atoms. The predicted molar refractivity (Wildman–Crippen MR) is 154 cm³/mol. The number of nitrogens with one attached hydrogen (secondary N) is 2. The number of rotatable bonds is 8. The van der Waals surface area contributed by atoms with Gasteiger partial charge in [-0.2, -0.15) is 13.2 Å². The molecule has 3 aromatic rings. The van der Waals surface area contributed by atoms with E-state index in [9.17, 15) is 22.1 Å². The number of ether oxygens (including phenoxy) is 1. The molecule has 1 aliphatic carbocycles. The van der Waals surface area contributed by atoms with Crippen LogP contribution in [0.25, 0.3) is 10.1 Å². The third-order valence-electron chi connectivity index (χ3n) is 7.31. The average molecular weight is 592 g/mol. The highest BCUT2D eigenvalue weighted by Gasteiger charge is 2.33. The summed E-state index contributed by atoms with van der Waals surface area (Å²) in [6, 6.07) is 8.32. The standard InChI is InChI=1S/C29H30F4N3O2PS/c1-36-14-12-21(20(30)16-36)35-23-6-3-5-18-19(15-29(31,32)33)25(40-28(18)23)7-4-13-34-22-10-11-24(39-37)26(17-8-9-17)27(22)38-2/h3,5-6,10-11,17,20-21,34-35H,8-9,12-16H2,1-2H3. The quantitative estimate of drug-likeness (QED) is 0.173. The number of anilines is 2. The maximum absolute atomic E-state index is 14.7.